The molecule has 0 unspecified atom stereocenters. The molecule has 162 valence electrons. The normalized spacial score (nSPS) is 11.7. The van der Waals surface area contributed by atoms with Gasteiger partial charge in [-0.05, 0) is 66.0 Å². The van der Waals surface area contributed by atoms with Crippen LogP contribution in [0.1, 0.15) is 61.8 Å². The summed E-state index contributed by atoms with van der Waals surface area (Å²) in [5.41, 5.74) is 14.1. The number of benzene rings is 2. The molecule has 3 nitrogen and oxygen atoms in total. The van der Waals surface area contributed by atoms with E-state index in [1.54, 1.807) is 6.07 Å². The van der Waals surface area contributed by atoms with Crippen LogP contribution in [-0.2, 0) is 12.8 Å². The molecule has 0 aliphatic carbocycles. The Bertz CT molecular complexity index is 1070. The van der Waals surface area contributed by atoms with Crippen LogP contribution >= 0.6 is 0 Å². The zero-order chi connectivity index (χ0) is 22.8. The van der Waals surface area contributed by atoms with Crippen molar-refractivity contribution < 1.29 is 4.79 Å². The fraction of sp³-hybridized carbons (Fsp3) is 0.357. The summed E-state index contributed by atoms with van der Waals surface area (Å²) < 4.78 is 0. The molecule has 2 N–H and O–H groups in total. The Balaban J connectivity index is 2.28. The molecule has 3 aromatic rings. The lowest BCUT2D eigenvalue weighted by atomic mass is 9.82. The highest BCUT2D eigenvalue weighted by Gasteiger charge is 2.21. The Hall–Kier alpha value is -2.94. The first-order valence-electron chi connectivity index (χ1n) is 11.0. The minimum absolute atomic E-state index is 0.139. The topological polar surface area (TPSA) is 56.0 Å². The van der Waals surface area contributed by atoms with E-state index in [0.717, 1.165) is 29.8 Å². The SMILES string of the molecule is Cc1ccc(-c2cc(-c3cccc(C(N)=O)c3)nc(CC(C)C)c2CC(C)(C)C)cc1. The first-order chi connectivity index (χ1) is 14.5. The molecule has 3 rings (SSSR count). The number of carbonyl (C=O) groups is 1. The number of aromatic nitrogens is 1. The highest BCUT2D eigenvalue weighted by Crippen LogP contribution is 2.35. The van der Waals surface area contributed by atoms with Gasteiger partial charge in [-0.15, -0.1) is 0 Å². The fourth-order valence-corrected chi connectivity index (χ4v) is 3.88. The van der Waals surface area contributed by atoms with Gasteiger partial charge in [0.1, 0.15) is 0 Å². The summed E-state index contributed by atoms with van der Waals surface area (Å²) in [7, 11) is 0. The van der Waals surface area contributed by atoms with Crippen LogP contribution in [0, 0.1) is 18.3 Å². The zero-order valence-electron chi connectivity index (χ0n) is 19.6. The Kier molecular flexibility index (Phi) is 6.64. The van der Waals surface area contributed by atoms with Crippen molar-refractivity contribution in [2.75, 3.05) is 0 Å². The molecular formula is C28H34N2O. The second-order valence-electron chi connectivity index (χ2n) is 10.1. The summed E-state index contributed by atoms with van der Waals surface area (Å²) in [6.07, 6.45) is 1.86. The molecule has 0 aliphatic heterocycles. The predicted octanol–water partition coefficient (Wildman–Crippen LogP) is 6.61. The second kappa shape index (κ2) is 9.05. The molecule has 1 amide bonds. The third kappa shape index (κ3) is 5.81. The first kappa shape index (κ1) is 22.7. The monoisotopic (exact) mass is 414 g/mol. The average Bonchev–Trinajstić information content (AvgIpc) is 2.68. The molecular weight excluding hydrogens is 380 g/mol. The van der Waals surface area contributed by atoms with Gasteiger partial charge in [0.2, 0.25) is 5.91 Å². The Morgan fingerprint density at radius 2 is 1.68 bits per heavy atom. The smallest absolute Gasteiger partial charge is 0.248 e. The van der Waals surface area contributed by atoms with Crippen molar-refractivity contribution in [2.45, 2.75) is 54.4 Å². The van der Waals surface area contributed by atoms with Gasteiger partial charge in [-0.2, -0.15) is 0 Å². The first-order valence-corrected chi connectivity index (χ1v) is 11.0. The molecule has 1 aromatic heterocycles. The van der Waals surface area contributed by atoms with Crippen LogP contribution in [0.3, 0.4) is 0 Å². The molecule has 0 radical (unpaired) electrons. The molecule has 0 saturated heterocycles. The maximum absolute atomic E-state index is 11.7. The summed E-state index contributed by atoms with van der Waals surface area (Å²) in [6, 6.07) is 18.3. The zero-order valence-corrected chi connectivity index (χ0v) is 19.6. The highest BCUT2D eigenvalue weighted by atomic mass is 16.1. The number of primary amides is 1. The quantitative estimate of drug-likeness (QED) is 0.493. The maximum Gasteiger partial charge on any atom is 0.248 e. The molecule has 0 saturated carbocycles. The number of rotatable bonds is 6. The summed E-state index contributed by atoms with van der Waals surface area (Å²) >= 11 is 0. The molecule has 2 aromatic carbocycles. The van der Waals surface area contributed by atoms with Crippen molar-refractivity contribution in [2.24, 2.45) is 17.1 Å². The lowest BCUT2D eigenvalue weighted by molar-refractivity contribution is 0.100. The fourth-order valence-electron chi connectivity index (χ4n) is 3.88. The van der Waals surface area contributed by atoms with E-state index < -0.39 is 5.91 Å². The highest BCUT2D eigenvalue weighted by molar-refractivity contribution is 5.94. The largest absolute Gasteiger partial charge is 0.366 e. The minimum atomic E-state index is -0.424. The van der Waals surface area contributed by atoms with Gasteiger partial charge in [-0.3, -0.25) is 9.78 Å². The number of amides is 1. The van der Waals surface area contributed by atoms with Gasteiger partial charge in [-0.25, -0.2) is 0 Å². The maximum atomic E-state index is 11.7. The second-order valence-corrected chi connectivity index (χ2v) is 10.1. The van der Waals surface area contributed by atoms with E-state index in [0.29, 0.717) is 11.5 Å². The van der Waals surface area contributed by atoms with Crippen LogP contribution in [-0.4, -0.2) is 10.9 Å². The van der Waals surface area contributed by atoms with Crippen molar-refractivity contribution in [3.8, 4) is 22.4 Å². The number of hydrogen-bond donors (Lipinski definition) is 1. The number of nitrogens with zero attached hydrogens (tertiary/aromatic N) is 1. The molecule has 0 fully saturated rings. The van der Waals surface area contributed by atoms with Gasteiger partial charge >= 0.3 is 0 Å². The van der Waals surface area contributed by atoms with Gasteiger partial charge in [0, 0.05) is 16.8 Å². The number of carbonyl (C=O) groups excluding carboxylic acids is 1. The minimum Gasteiger partial charge on any atom is -0.366 e. The van der Waals surface area contributed by atoms with E-state index in [9.17, 15) is 4.79 Å². The van der Waals surface area contributed by atoms with Crippen LogP contribution in [0.15, 0.2) is 54.6 Å². The molecule has 0 bridgehead atoms. The van der Waals surface area contributed by atoms with Gasteiger partial charge in [0.05, 0.1) is 5.69 Å². The van der Waals surface area contributed by atoms with Crippen LogP contribution in [0.2, 0.25) is 0 Å². The van der Waals surface area contributed by atoms with E-state index >= 15 is 0 Å². The standard InChI is InChI=1S/C28H34N2O/c1-18(2)14-26-24(17-28(4,5)6)23(20-12-10-19(3)11-13-20)16-25(30-26)21-8-7-9-22(15-21)27(29)31/h7-13,15-16,18H,14,17H2,1-6H3,(H2,29,31). The lowest BCUT2D eigenvalue weighted by Gasteiger charge is -2.24. The van der Waals surface area contributed by atoms with Crippen LogP contribution < -0.4 is 5.73 Å². The Morgan fingerprint density at radius 3 is 2.26 bits per heavy atom. The lowest BCUT2D eigenvalue weighted by Crippen LogP contribution is -2.15. The van der Waals surface area contributed by atoms with Crippen molar-refractivity contribution in [3.63, 3.8) is 0 Å². The van der Waals surface area contributed by atoms with Crippen molar-refractivity contribution in [3.05, 3.63) is 77.0 Å². The summed E-state index contributed by atoms with van der Waals surface area (Å²) in [6.45, 7) is 13.4. The van der Waals surface area contributed by atoms with Gasteiger partial charge < -0.3 is 5.73 Å². The van der Waals surface area contributed by atoms with E-state index in [2.05, 4.69) is 71.9 Å². The van der Waals surface area contributed by atoms with Gasteiger partial charge in [0.15, 0.2) is 0 Å². The van der Waals surface area contributed by atoms with Crippen LogP contribution in [0.5, 0.6) is 0 Å². The summed E-state index contributed by atoms with van der Waals surface area (Å²) in [4.78, 5) is 16.8. The van der Waals surface area contributed by atoms with Crippen molar-refractivity contribution in [1.29, 1.82) is 0 Å². The number of nitrogens with two attached hydrogens (primary N) is 1. The molecule has 1 heterocycles. The van der Waals surface area contributed by atoms with Crippen LogP contribution in [0.25, 0.3) is 22.4 Å². The number of hydrogen-bond acceptors (Lipinski definition) is 2. The number of pyridine rings is 1. The van der Waals surface area contributed by atoms with E-state index in [4.69, 9.17) is 10.7 Å². The van der Waals surface area contributed by atoms with Gasteiger partial charge in [0.25, 0.3) is 0 Å². The Morgan fingerprint density at radius 1 is 1.00 bits per heavy atom. The molecule has 31 heavy (non-hydrogen) atoms. The summed E-state index contributed by atoms with van der Waals surface area (Å²) in [5.74, 6) is 0.0663. The Labute approximate surface area is 186 Å². The van der Waals surface area contributed by atoms with E-state index in [-0.39, 0.29) is 5.41 Å². The van der Waals surface area contributed by atoms with E-state index in [1.807, 2.05) is 18.2 Å². The molecule has 3 heteroatoms. The van der Waals surface area contributed by atoms with Crippen molar-refractivity contribution >= 4 is 5.91 Å². The molecule has 0 aliphatic rings. The third-order valence-corrected chi connectivity index (χ3v) is 5.32. The summed E-state index contributed by atoms with van der Waals surface area (Å²) in [5, 5.41) is 0. The van der Waals surface area contributed by atoms with Gasteiger partial charge in [-0.1, -0.05) is 76.6 Å². The molecule has 0 atom stereocenters. The van der Waals surface area contributed by atoms with Crippen molar-refractivity contribution in [1.82, 2.24) is 4.98 Å². The number of aryl methyl sites for hydroxylation is 1. The van der Waals surface area contributed by atoms with E-state index in [1.165, 1.54) is 22.3 Å². The average molecular weight is 415 g/mol. The predicted molar refractivity (Wildman–Crippen MR) is 130 cm³/mol. The van der Waals surface area contributed by atoms with Crippen LogP contribution in [0.4, 0.5) is 0 Å². The molecule has 0 spiro atoms. The third-order valence-electron chi connectivity index (χ3n) is 5.32.